The second-order valence-electron chi connectivity index (χ2n) is 8.11. The van der Waals surface area contributed by atoms with Crippen LogP contribution in [-0.2, 0) is 20.6 Å². The first-order valence-electron chi connectivity index (χ1n) is 11.1. The van der Waals surface area contributed by atoms with Gasteiger partial charge >= 0.3 is 0 Å². The minimum atomic E-state index is -3.45. The van der Waals surface area contributed by atoms with Crippen LogP contribution >= 0.6 is 0 Å². The van der Waals surface area contributed by atoms with Crippen LogP contribution in [0.25, 0.3) is 11.7 Å². The van der Waals surface area contributed by atoms with Crippen LogP contribution in [0.5, 0.6) is 0 Å². The first kappa shape index (κ1) is 24.3. The number of piperidine rings is 1. The third-order valence-corrected chi connectivity index (χ3v) is 6.95. The van der Waals surface area contributed by atoms with Crippen molar-refractivity contribution in [2.45, 2.75) is 18.6 Å². The molecule has 0 saturated carbocycles. The van der Waals surface area contributed by atoms with Gasteiger partial charge in [-0.1, -0.05) is 18.2 Å². The molecule has 10 nitrogen and oxygen atoms in total. The van der Waals surface area contributed by atoms with E-state index in [0.29, 0.717) is 48.8 Å². The minimum Gasteiger partial charge on any atom is -0.459 e. The van der Waals surface area contributed by atoms with E-state index in [1.54, 1.807) is 36.4 Å². The number of aromatic nitrogens is 1. The molecule has 0 bridgehead atoms. The lowest BCUT2D eigenvalue weighted by Crippen LogP contribution is -2.38. The largest absolute Gasteiger partial charge is 0.459 e. The zero-order valence-electron chi connectivity index (χ0n) is 18.9. The van der Waals surface area contributed by atoms with E-state index < -0.39 is 10.0 Å². The van der Waals surface area contributed by atoms with Crippen LogP contribution in [0.1, 0.15) is 24.1 Å². The summed E-state index contributed by atoms with van der Waals surface area (Å²) in [5.41, 5.74) is 1.39. The van der Waals surface area contributed by atoms with Gasteiger partial charge in [0.1, 0.15) is 6.07 Å². The van der Waals surface area contributed by atoms with Gasteiger partial charge in [-0.05, 0) is 42.7 Å². The Morgan fingerprint density at radius 3 is 2.63 bits per heavy atom. The van der Waals surface area contributed by atoms with Crippen molar-refractivity contribution in [1.29, 1.82) is 5.26 Å². The number of carbonyl (C=O) groups excluding carboxylic acids is 1. The predicted octanol–water partition coefficient (Wildman–Crippen LogP) is 3.27. The van der Waals surface area contributed by atoms with Crippen molar-refractivity contribution >= 4 is 27.5 Å². The van der Waals surface area contributed by atoms with E-state index in [2.05, 4.69) is 27.7 Å². The molecule has 4 rings (SSSR count). The average Bonchev–Trinajstić information content (AvgIpc) is 3.54. The molecule has 0 unspecified atom stereocenters. The number of oxazole rings is 1. The Morgan fingerprint density at radius 1 is 1.26 bits per heavy atom. The molecule has 0 atom stereocenters. The molecule has 182 valence electrons. The average molecular weight is 496 g/mol. The Balaban J connectivity index is 1.32. The molecule has 3 heterocycles. The summed E-state index contributed by atoms with van der Waals surface area (Å²) >= 11 is 0. The number of nitrogens with one attached hydrogen (secondary N) is 2. The van der Waals surface area contributed by atoms with Gasteiger partial charge in [-0.25, -0.2) is 13.1 Å². The minimum absolute atomic E-state index is 0.105. The third kappa shape index (κ3) is 5.98. The number of hydrogen-bond donors (Lipinski definition) is 2. The predicted molar refractivity (Wildman–Crippen MR) is 130 cm³/mol. The lowest BCUT2D eigenvalue weighted by molar-refractivity contribution is -0.120. The van der Waals surface area contributed by atoms with Gasteiger partial charge in [0.25, 0.3) is 5.89 Å². The van der Waals surface area contributed by atoms with E-state index in [1.165, 1.54) is 12.3 Å². The van der Waals surface area contributed by atoms with Gasteiger partial charge in [-0.15, -0.1) is 6.58 Å². The van der Waals surface area contributed by atoms with Crippen molar-refractivity contribution in [2.75, 3.05) is 29.9 Å². The summed E-state index contributed by atoms with van der Waals surface area (Å²) in [5.74, 6) is 0.611. The Labute approximate surface area is 203 Å². The van der Waals surface area contributed by atoms with E-state index in [0.717, 1.165) is 0 Å². The number of sulfonamides is 1. The second-order valence-corrected chi connectivity index (χ2v) is 9.91. The van der Waals surface area contributed by atoms with Crippen LogP contribution in [0, 0.1) is 17.2 Å². The van der Waals surface area contributed by atoms with Crippen LogP contribution in [-0.4, -0.2) is 38.9 Å². The number of nitriles is 1. The summed E-state index contributed by atoms with van der Waals surface area (Å²) in [5, 5.41) is 12.3. The zero-order valence-corrected chi connectivity index (χ0v) is 19.8. The van der Waals surface area contributed by atoms with Crippen molar-refractivity contribution < 1.29 is 22.0 Å². The number of rotatable bonds is 9. The standard InChI is InChI=1S/C24H25N5O5S/c1-2-11-26-35(31,32)16-17-5-7-19(8-6-17)27-22(30)18-9-12-29(13-10-18)24-20(15-25)28-23(34-24)21-4-3-14-33-21/h2-8,14,18,26H,1,9-13,16H2,(H,27,30). The van der Waals surface area contributed by atoms with Crippen molar-refractivity contribution in [2.24, 2.45) is 5.92 Å². The SMILES string of the molecule is C=CCNS(=O)(=O)Cc1ccc(NC(=O)C2CCN(c3oc(-c4ccco4)nc3C#N)CC2)cc1. The molecule has 2 N–H and O–H groups in total. The molecule has 0 aliphatic carbocycles. The molecule has 0 radical (unpaired) electrons. The monoisotopic (exact) mass is 495 g/mol. The lowest BCUT2D eigenvalue weighted by Gasteiger charge is -2.30. The van der Waals surface area contributed by atoms with Crippen LogP contribution in [0.3, 0.4) is 0 Å². The molecule has 0 spiro atoms. The first-order chi connectivity index (χ1) is 16.9. The normalized spacial score (nSPS) is 14.4. The summed E-state index contributed by atoms with van der Waals surface area (Å²) in [7, 11) is -3.45. The molecule has 11 heteroatoms. The Kier molecular flexibility index (Phi) is 7.33. The number of carbonyl (C=O) groups is 1. The van der Waals surface area contributed by atoms with Crippen LogP contribution in [0.2, 0.25) is 0 Å². The summed E-state index contributed by atoms with van der Waals surface area (Å²) in [6.45, 7) is 4.74. The summed E-state index contributed by atoms with van der Waals surface area (Å²) in [6.07, 6.45) is 4.15. The molecule has 1 aromatic carbocycles. The molecule has 1 amide bonds. The van der Waals surface area contributed by atoms with Crippen molar-refractivity contribution in [3.05, 3.63) is 66.6 Å². The molecular formula is C24H25N5O5S. The Morgan fingerprint density at radius 2 is 2.00 bits per heavy atom. The lowest BCUT2D eigenvalue weighted by atomic mass is 9.95. The fourth-order valence-corrected chi connectivity index (χ4v) is 4.94. The number of amides is 1. The van der Waals surface area contributed by atoms with Crippen molar-refractivity contribution in [1.82, 2.24) is 9.71 Å². The van der Waals surface area contributed by atoms with Crippen molar-refractivity contribution in [3.63, 3.8) is 0 Å². The van der Waals surface area contributed by atoms with E-state index in [1.807, 2.05) is 4.90 Å². The number of benzene rings is 1. The highest BCUT2D eigenvalue weighted by molar-refractivity contribution is 7.88. The summed E-state index contributed by atoms with van der Waals surface area (Å²) in [6, 6.07) is 12.2. The zero-order chi connectivity index (χ0) is 24.8. The smallest absolute Gasteiger partial charge is 0.266 e. The Bertz CT molecular complexity index is 1320. The van der Waals surface area contributed by atoms with Crippen LogP contribution < -0.4 is 14.9 Å². The first-order valence-corrected chi connectivity index (χ1v) is 12.7. The van der Waals surface area contributed by atoms with Gasteiger partial charge in [0.05, 0.1) is 12.0 Å². The van der Waals surface area contributed by atoms with Crippen molar-refractivity contribution in [3.8, 4) is 17.7 Å². The van der Waals surface area contributed by atoms with E-state index in [9.17, 15) is 18.5 Å². The van der Waals surface area contributed by atoms with Gasteiger partial charge in [0.15, 0.2) is 5.76 Å². The van der Waals surface area contributed by atoms with E-state index >= 15 is 0 Å². The van der Waals surface area contributed by atoms with Gasteiger partial charge in [0.2, 0.25) is 27.5 Å². The maximum absolute atomic E-state index is 12.8. The fourth-order valence-electron chi connectivity index (χ4n) is 3.83. The highest BCUT2D eigenvalue weighted by atomic mass is 32.2. The summed E-state index contributed by atoms with van der Waals surface area (Å²) in [4.78, 5) is 18.9. The highest BCUT2D eigenvalue weighted by Gasteiger charge is 2.29. The van der Waals surface area contributed by atoms with Gasteiger partial charge < -0.3 is 19.1 Å². The van der Waals surface area contributed by atoms with E-state index in [-0.39, 0.29) is 35.7 Å². The number of nitrogens with zero attached hydrogens (tertiary/aromatic N) is 3. The molecule has 2 aromatic heterocycles. The molecule has 1 saturated heterocycles. The highest BCUT2D eigenvalue weighted by Crippen LogP contribution is 2.31. The molecule has 3 aromatic rings. The topological polar surface area (TPSA) is 141 Å². The third-order valence-electron chi connectivity index (χ3n) is 5.63. The Hall–Kier alpha value is -3.88. The quantitative estimate of drug-likeness (QED) is 0.431. The molecule has 35 heavy (non-hydrogen) atoms. The molecule has 1 aliphatic rings. The fraction of sp³-hybridized carbons (Fsp3) is 0.292. The van der Waals surface area contributed by atoms with Gasteiger partial charge in [0, 0.05) is 31.2 Å². The summed E-state index contributed by atoms with van der Waals surface area (Å²) < 4.78 is 37.5. The van der Waals surface area contributed by atoms with Gasteiger partial charge in [-0.2, -0.15) is 10.2 Å². The van der Waals surface area contributed by atoms with Gasteiger partial charge in [-0.3, -0.25) is 4.79 Å². The van der Waals surface area contributed by atoms with E-state index in [4.69, 9.17) is 8.83 Å². The number of furan rings is 1. The molecule has 1 fully saturated rings. The maximum atomic E-state index is 12.8. The van der Waals surface area contributed by atoms with Crippen LogP contribution in [0.4, 0.5) is 11.6 Å². The second kappa shape index (κ2) is 10.6. The van der Waals surface area contributed by atoms with Crippen LogP contribution in [0.15, 0.2) is 64.2 Å². The maximum Gasteiger partial charge on any atom is 0.266 e. The molecule has 1 aliphatic heterocycles. The number of hydrogen-bond acceptors (Lipinski definition) is 8. The molecular weight excluding hydrogens is 470 g/mol. The number of anilines is 2.